The van der Waals surface area contributed by atoms with E-state index in [4.69, 9.17) is 16.7 Å². The van der Waals surface area contributed by atoms with Crippen molar-refractivity contribution < 1.29 is 19.1 Å². The van der Waals surface area contributed by atoms with Crippen LogP contribution in [0.2, 0.25) is 5.02 Å². The van der Waals surface area contributed by atoms with E-state index >= 15 is 0 Å². The van der Waals surface area contributed by atoms with Crippen molar-refractivity contribution in [3.63, 3.8) is 0 Å². The van der Waals surface area contributed by atoms with Crippen molar-refractivity contribution in [2.75, 3.05) is 5.32 Å². The smallest absolute Gasteiger partial charge is 0.335 e. The first-order chi connectivity index (χ1) is 9.95. The molecule has 0 saturated carbocycles. The molecule has 0 radical (unpaired) electrons. The Labute approximate surface area is 125 Å². The first kappa shape index (κ1) is 15.0. The van der Waals surface area contributed by atoms with E-state index in [1.165, 1.54) is 42.5 Å². The third-order valence-electron chi connectivity index (χ3n) is 2.77. The molecule has 4 nitrogen and oxygen atoms in total. The van der Waals surface area contributed by atoms with Gasteiger partial charge in [0.25, 0.3) is 0 Å². The van der Waals surface area contributed by atoms with Gasteiger partial charge in [-0.05, 0) is 35.9 Å². The van der Waals surface area contributed by atoms with Crippen molar-refractivity contribution >= 4 is 29.2 Å². The molecule has 0 fully saturated rings. The van der Waals surface area contributed by atoms with E-state index in [2.05, 4.69) is 5.32 Å². The van der Waals surface area contributed by atoms with Crippen LogP contribution in [0.15, 0.2) is 42.5 Å². The van der Waals surface area contributed by atoms with Crippen LogP contribution >= 0.6 is 11.6 Å². The number of aromatic carboxylic acids is 1. The minimum Gasteiger partial charge on any atom is -0.478 e. The van der Waals surface area contributed by atoms with Gasteiger partial charge in [-0.2, -0.15) is 0 Å². The molecule has 0 heterocycles. The van der Waals surface area contributed by atoms with Crippen molar-refractivity contribution in [3.8, 4) is 0 Å². The lowest BCUT2D eigenvalue weighted by Gasteiger charge is -2.08. The number of benzene rings is 2. The minimum atomic E-state index is -1.11. The molecule has 0 aromatic heterocycles. The van der Waals surface area contributed by atoms with Gasteiger partial charge in [0.2, 0.25) is 5.91 Å². The summed E-state index contributed by atoms with van der Waals surface area (Å²) in [6.07, 6.45) is 0.0356. The molecule has 2 rings (SSSR count). The maximum absolute atomic E-state index is 12.8. The van der Waals surface area contributed by atoms with Crippen molar-refractivity contribution in [1.82, 2.24) is 0 Å². The summed E-state index contributed by atoms with van der Waals surface area (Å²) in [5, 5.41) is 11.7. The maximum Gasteiger partial charge on any atom is 0.335 e. The lowest BCUT2D eigenvalue weighted by atomic mass is 10.1. The van der Waals surface area contributed by atoms with Crippen LogP contribution in [0.3, 0.4) is 0 Å². The second-order valence-corrected chi connectivity index (χ2v) is 4.76. The Hall–Kier alpha value is -2.40. The fourth-order valence-electron chi connectivity index (χ4n) is 1.74. The third kappa shape index (κ3) is 4.03. The molecule has 108 valence electrons. The Kier molecular flexibility index (Phi) is 4.55. The summed E-state index contributed by atoms with van der Waals surface area (Å²) in [5.41, 5.74) is 0.888. The fraction of sp³-hybridized carbons (Fsp3) is 0.0667. The van der Waals surface area contributed by atoms with Crippen LogP contribution in [-0.4, -0.2) is 17.0 Å². The first-order valence-corrected chi connectivity index (χ1v) is 6.40. The van der Waals surface area contributed by atoms with Crippen LogP contribution in [0.5, 0.6) is 0 Å². The number of rotatable bonds is 4. The van der Waals surface area contributed by atoms with Crippen LogP contribution in [0.4, 0.5) is 10.1 Å². The summed E-state index contributed by atoms with van der Waals surface area (Å²) in [6, 6.07) is 9.57. The molecule has 1 amide bonds. The van der Waals surface area contributed by atoms with Gasteiger partial charge in [0, 0.05) is 0 Å². The normalized spacial score (nSPS) is 10.2. The number of anilines is 1. The summed E-state index contributed by atoms with van der Waals surface area (Å²) in [5.74, 6) is -1.86. The molecule has 2 aromatic carbocycles. The van der Waals surface area contributed by atoms with Crippen molar-refractivity contribution in [2.45, 2.75) is 6.42 Å². The molecule has 0 unspecified atom stereocenters. The zero-order valence-electron chi connectivity index (χ0n) is 10.8. The summed E-state index contributed by atoms with van der Waals surface area (Å²) in [7, 11) is 0. The summed E-state index contributed by atoms with van der Waals surface area (Å²) in [6.45, 7) is 0. The standard InChI is InChI=1S/C15H11ClFNO3/c16-12-6-3-10(15(20)21)8-13(12)18-14(19)7-9-1-4-11(17)5-2-9/h1-6,8H,7H2,(H,18,19)(H,20,21). The van der Waals surface area contributed by atoms with E-state index in [-0.39, 0.29) is 34.4 Å². The van der Waals surface area contributed by atoms with Crippen molar-refractivity contribution in [3.05, 3.63) is 64.4 Å². The SMILES string of the molecule is O=C(Cc1ccc(F)cc1)Nc1cc(C(=O)O)ccc1Cl. The van der Waals surface area contributed by atoms with E-state index in [0.717, 1.165) is 0 Å². The average molecular weight is 308 g/mol. The first-order valence-electron chi connectivity index (χ1n) is 6.03. The Balaban J connectivity index is 2.10. The quantitative estimate of drug-likeness (QED) is 0.910. The van der Waals surface area contributed by atoms with Gasteiger partial charge in [0.05, 0.1) is 22.7 Å². The van der Waals surface area contributed by atoms with Crippen molar-refractivity contribution in [2.24, 2.45) is 0 Å². The van der Waals surface area contributed by atoms with Gasteiger partial charge in [0.15, 0.2) is 0 Å². The molecule has 0 aliphatic rings. The van der Waals surface area contributed by atoms with E-state index in [1.807, 2.05) is 0 Å². The fourth-order valence-corrected chi connectivity index (χ4v) is 1.90. The van der Waals surface area contributed by atoms with Gasteiger partial charge >= 0.3 is 5.97 Å². The molecule has 0 saturated heterocycles. The topological polar surface area (TPSA) is 66.4 Å². The van der Waals surface area contributed by atoms with Gasteiger partial charge in [-0.1, -0.05) is 23.7 Å². The van der Waals surface area contributed by atoms with Gasteiger partial charge in [-0.15, -0.1) is 0 Å². The second kappa shape index (κ2) is 6.37. The van der Waals surface area contributed by atoms with Gasteiger partial charge in [-0.3, -0.25) is 4.79 Å². The Morgan fingerprint density at radius 1 is 1.14 bits per heavy atom. The highest BCUT2D eigenvalue weighted by molar-refractivity contribution is 6.33. The number of carboxylic acid groups (broad SMARTS) is 1. The van der Waals surface area contributed by atoms with Gasteiger partial charge < -0.3 is 10.4 Å². The Morgan fingerprint density at radius 3 is 2.43 bits per heavy atom. The Morgan fingerprint density at radius 2 is 1.81 bits per heavy atom. The molecule has 0 aliphatic carbocycles. The summed E-state index contributed by atoms with van der Waals surface area (Å²) >= 11 is 5.91. The average Bonchev–Trinajstić information content (AvgIpc) is 2.43. The lowest BCUT2D eigenvalue weighted by molar-refractivity contribution is -0.115. The summed E-state index contributed by atoms with van der Waals surface area (Å²) in [4.78, 5) is 22.8. The number of amides is 1. The van der Waals surface area contributed by atoms with E-state index in [1.54, 1.807) is 0 Å². The highest BCUT2D eigenvalue weighted by Gasteiger charge is 2.10. The van der Waals surface area contributed by atoms with E-state index in [9.17, 15) is 14.0 Å². The largest absolute Gasteiger partial charge is 0.478 e. The second-order valence-electron chi connectivity index (χ2n) is 4.35. The van der Waals surface area contributed by atoms with Crippen LogP contribution in [-0.2, 0) is 11.2 Å². The van der Waals surface area contributed by atoms with Crippen LogP contribution in [0.1, 0.15) is 15.9 Å². The number of carboxylic acids is 1. The predicted molar refractivity (Wildman–Crippen MR) is 77.1 cm³/mol. The van der Waals surface area contributed by atoms with Crippen molar-refractivity contribution in [1.29, 1.82) is 0 Å². The molecule has 0 bridgehead atoms. The molecule has 2 N–H and O–H groups in total. The van der Waals surface area contributed by atoms with Crippen LogP contribution < -0.4 is 5.32 Å². The number of carbonyl (C=O) groups excluding carboxylic acids is 1. The van der Waals surface area contributed by atoms with Crippen LogP contribution in [0, 0.1) is 5.82 Å². The van der Waals surface area contributed by atoms with E-state index < -0.39 is 5.97 Å². The zero-order chi connectivity index (χ0) is 15.4. The van der Waals surface area contributed by atoms with Crippen LogP contribution in [0.25, 0.3) is 0 Å². The molecule has 2 aromatic rings. The number of carbonyl (C=O) groups is 2. The molecule has 6 heteroatoms. The molecule has 0 aliphatic heterocycles. The minimum absolute atomic E-state index is 0.0245. The molecule has 0 spiro atoms. The maximum atomic E-state index is 12.8. The van der Waals surface area contributed by atoms with Gasteiger partial charge in [-0.25, -0.2) is 9.18 Å². The Bertz CT molecular complexity index is 686. The monoisotopic (exact) mass is 307 g/mol. The number of halogens is 2. The number of hydrogen-bond donors (Lipinski definition) is 2. The molecule has 21 heavy (non-hydrogen) atoms. The number of nitrogens with one attached hydrogen (secondary N) is 1. The molecular formula is C15H11ClFNO3. The highest BCUT2D eigenvalue weighted by Crippen LogP contribution is 2.23. The van der Waals surface area contributed by atoms with Gasteiger partial charge in [0.1, 0.15) is 5.82 Å². The molecular weight excluding hydrogens is 297 g/mol. The third-order valence-corrected chi connectivity index (χ3v) is 3.09. The summed E-state index contributed by atoms with van der Waals surface area (Å²) < 4.78 is 12.8. The zero-order valence-corrected chi connectivity index (χ0v) is 11.5. The lowest BCUT2D eigenvalue weighted by Crippen LogP contribution is -2.15. The highest BCUT2D eigenvalue weighted by atomic mass is 35.5. The van der Waals surface area contributed by atoms with E-state index in [0.29, 0.717) is 5.56 Å². The molecule has 0 atom stereocenters. The number of hydrogen-bond acceptors (Lipinski definition) is 2. The predicted octanol–water partition coefficient (Wildman–Crippen LogP) is 3.36.